The van der Waals surface area contributed by atoms with E-state index in [4.69, 9.17) is 0 Å². The average molecular weight is 432 g/mol. The number of hydrogen-bond donors (Lipinski definition) is 0. The van der Waals surface area contributed by atoms with E-state index in [9.17, 15) is 0 Å². The zero-order chi connectivity index (χ0) is 11.4. The summed E-state index contributed by atoms with van der Waals surface area (Å²) in [5.41, 5.74) is 2.50. The summed E-state index contributed by atoms with van der Waals surface area (Å²) < 4.78 is 2.55. The van der Waals surface area contributed by atoms with Crippen molar-refractivity contribution in [1.29, 1.82) is 0 Å². The Kier molecular flexibility index (Phi) is 4.40. The van der Waals surface area contributed by atoms with E-state index < -0.39 is 0 Å². The molecule has 2 aromatic carbocycles. The van der Waals surface area contributed by atoms with Gasteiger partial charge in [0.25, 0.3) is 0 Å². The molecule has 0 N–H and O–H groups in total. The molecule has 0 spiro atoms. The van der Waals surface area contributed by atoms with Crippen LogP contribution in [-0.4, -0.2) is 0 Å². The normalized spacial score (nSPS) is 10.9. The van der Waals surface area contributed by atoms with Crippen LogP contribution in [0.15, 0.2) is 48.5 Å². The Hall–Kier alpha value is -0.360. The predicted molar refractivity (Wildman–Crippen MR) is 87.2 cm³/mol. The van der Waals surface area contributed by atoms with Gasteiger partial charge in [-0.3, -0.25) is 0 Å². The first-order valence-electron chi connectivity index (χ1n) is 4.94. The van der Waals surface area contributed by atoms with Gasteiger partial charge in [-0.25, -0.2) is 0 Å². The van der Waals surface area contributed by atoms with E-state index in [1.807, 2.05) is 0 Å². The topological polar surface area (TPSA) is 0 Å². The molecule has 0 heterocycles. The summed E-state index contributed by atoms with van der Waals surface area (Å²) >= 11 is 4.67. The molecule has 0 saturated heterocycles. The third kappa shape index (κ3) is 3.31. The largest absolute Gasteiger partial charge is 0.0616 e. The summed E-state index contributed by atoms with van der Waals surface area (Å²) in [6.45, 7) is 0. The number of halogens is 2. The second-order valence-corrected chi connectivity index (χ2v) is 5.81. The Morgan fingerprint density at radius 3 is 2.12 bits per heavy atom. The van der Waals surface area contributed by atoms with E-state index in [2.05, 4.69) is 106 Å². The lowest BCUT2D eigenvalue weighted by Gasteiger charge is -1.97. The van der Waals surface area contributed by atoms with Crippen molar-refractivity contribution in [2.24, 2.45) is 0 Å². The van der Waals surface area contributed by atoms with Crippen LogP contribution < -0.4 is 0 Å². The molecule has 0 radical (unpaired) electrons. The number of hydrogen-bond acceptors (Lipinski definition) is 0. The third-order valence-electron chi connectivity index (χ3n) is 2.23. The van der Waals surface area contributed by atoms with Crippen LogP contribution in [0.5, 0.6) is 0 Å². The van der Waals surface area contributed by atoms with Gasteiger partial charge in [-0.15, -0.1) is 0 Å². The number of benzene rings is 2. The van der Waals surface area contributed by atoms with Crippen LogP contribution in [0.4, 0.5) is 0 Å². The van der Waals surface area contributed by atoms with Crippen LogP contribution in [0, 0.1) is 7.14 Å². The van der Waals surface area contributed by atoms with E-state index in [1.165, 1.54) is 18.3 Å². The third-order valence-corrected chi connectivity index (χ3v) is 3.93. The Bertz CT molecular complexity index is 498. The molecular weight excluding hydrogens is 422 g/mol. The summed E-state index contributed by atoms with van der Waals surface area (Å²) in [5, 5.41) is 0. The lowest BCUT2D eigenvalue weighted by Crippen LogP contribution is -1.78. The first-order valence-corrected chi connectivity index (χ1v) is 7.09. The van der Waals surface area contributed by atoms with Gasteiger partial charge in [0.05, 0.1) is 0 Å². The molecule has 2 aromatic rings. The van der Waals surface area contributed by atoms with Crippen LogP contribution in [0.1, 0.15) is 11.1 Å². The molecule has 0 bridgehead atoms. The standard InChI is InChI=1S/C14H10I2/c15-13-9-6-11(7-10-13)5-8-12-3-1-2-4-14(12)16/h1-10H/b8-5+. The van der Waals surface area contributed by atoms with E-state index in [1.54, 1.807) is 0 Å². The smallest absolute Gasteiger partial charge is 0.0202 e. The highest BCUT2D eigenvalue weighted by Gasteiger charge is 1.93. The van der Waals surface area contributed by atoms with Gasteiger partial charge >= 0.3 is 0 Å². The van der Waals surface area contributed by atoms with Crippen LogP contribution in [0.3, 0.4) is 0 Å². The van der Waals surface area contributed by atoms with Gasteiger partial charge in [-0.2, -0.15) is 0 Å². The lowest BCUT2D eigenvalue weighted by molar-refractivity contribution is 1.59. The van der Waals surface area contributed by atoms with E-state index >= 15 is 0 Å². The number of rotatable bonds is 2. The maximum absolute atomic E-state index is 2.36. The molecule has 0 unspecified atom stereocenters. The van der Waals surface area contributed by atoms with E-state index in [0.717, 1.165) is 0 Å². The molecule has 0 amide bonds. The SMILES string of the molecule is Ic1ccc(/C=C/c2ccccc2I)cc1. The minimum absolute atomic E-state index is 1.24. The molecule has 0 atom stereocenters. The lowest BCUT2D eigenvalue weighted by atomic mass is 10.1. The van der Waals surface area contributed by atoms with Gasteiger partial charge in [0.15, 0.2) is 0 Å². The molecule has 80 valence electrons. The fourth-order valence-electron chi connectivity index (χ4n) is 1.37. The molecule has 0 aromatic heterocycles. The molecular formula is C14H10I2. The van der Waals surface area contributed by atoms with Gasteiger partial charge in [0.1, 0.15) is 0 Å². The minimum atomic E-state index is 1.24. The molecule has 0 fully saturated rings. The Balaban J connectivity index is 2.21. The van der Waals surface area contributed by atoms with Crippen molar-refractivity contribution < 1.29 is 0 Å². The van der Waals surface area contributed by atoms with E-state index in [0.29, 0.717) is 0 Å². The predicted octanol–water partition coefficient (Wildman–Crippen LogP) is 5.07. The molecule has 0 saturated carbocycles. The summed E-state index contributed by atoms with van der Waals surface area (Å²) in [7, 11) is 0. The Labute approximate surface area is 123 Å². The summed E-state index contributed by atoms with van der Waals surface area (Å²) in [6.07, 6.45) is 4.30. The van der Waals surface area contributed by atoms with Crippen molar-refractivity contribution in [3.63, 3.8) is 0 Å². The Morgan fingerprint density at radius 2 is 1.44 bits per heavy atom. The summed E-state index contributed by atoms with van der Waals surface area (Å²) in [6, 6.07) is 16.9. The minimum Gasteiger partial charge on any atom is -0.0616 e. The average Bonchev–Trinajstić information content (AvgIpc) is 2.30. The molecule has 0 aliphatic carbocycles. The van der Waals surface area contributed by atoms with Crippen LogP contribution in [0.2, 0.25) is 0 Å². The van der Waals surface area contributed by atoms with Crippen molar-refractivity contribution in [3.05, 3.63) is 66.8 Å². The molecule has 2 rings (SSSR count). The maximum atomic E-state index is 2.36. The van der Waals surface area contributed by atoms with Crippen molar-refractivity contribution in [2.45, 2.75) is 0 Å². The van der Waals surface area contributed by atoms with Gasteiger partial charge in [-0.1, -0.05) is 42.5 Å². The highest BCUT2D eigenvalue weighted by atomic mass is 127. The Morgan fingerprint density at radius 1 is 0.750 bits per heavy atom. The van der Waals surface area contributed by atoms with Crippen LogP contribution in [-0.2, 0) is 0 Å². The molecule has 0 aliphatic heterocycles. The zero-order valence-corrected chi connectivity index (χ0v) is 12.8. The van der Waals surface area contributed by atoms with Crippen LogP contribution in [0.25, 0.3) is 12.2 Å². The van der Waals surface area contributed by atoms with Gasteiger partial charge in [0, 0.05) is 7.14 Å². The van der Waals surface area contributed by atoms with Crippen LogP contribution >= 0.6 is 45.2 Å². The van der Waals surface area contributed by atoms with Gasteiger partial charge < -0.3 is 0 Å². The first kappa shape index (κ1) is 12.1. The van der Waals surface area contributed by atoms with Crippen molar-refractivity contribution in [2.75, 3.05) is 0 Å². The van der Waals surface area contributed by atoms with Crippen molar-refractivity contribution in [3.8, 4) is 0 Å². The monoisotopic (exact) mass is 432 g/mol. The second-order valence-electron chi connectivity index (χ2n) is 3.41. The first-order chi connectivity index (χ1) is 7.75. The molecule has 16 heavy (non-hydrogen) atoms. The van der Waals surface area contributed by atoms with Crippen molar-refractivity contribution in [1.82, 2.24) is 0 Å². The summed E-state index contributed by atoms with van der Waals surface area (Å²) in [4.78, 5) is 0. The second kappa shape index (κ2) is 5.82. The van der Waals surface area contributed by atoms with Gasteiger partial charge in [0.2, 0.25) is 0 Å². The highest BCUT2D eigenvalue weighted by molar-refractivity contribution is 14.1. The zero-order valence-electron chi connectivity index (χ0n) is 8.53. The maximum Gasteiger partial charge on any atom is 0.0202 e. The van der Waals surface area contributed by atoms with Crippen molar-refractivity contribution >= 4 is 57.3 Å². The van der Waals surface area contributed by atoms with E-state index in [-0.39, 0.29) is 0 Å². The highest BCUT2D eigenvalue weighted by Crippen LogP contribution is 2.15. The molecule has 0 aliphatic rings. The fraction of sp³-hybridized carbons (Fsp3) is 0. The molecule has 0 nitrogen and oxygen atoms in total. The van der Waals surface area contributed by atoms with Gasteiger partial charge in [-0.05, 0) is 74.5 Å². The summed E-state index contributed by atoms with van der Waals surface area (Å²) in [5.74, 6) is 0. The fourth-order valence-corrected chi connectivity index (χ4v) is 2.30. The molecule has 2 heteroatoms. The quantitative estimate of drug-likeness (QED) is 0.460.